The fourth-order valence-corrected chi connectivity index (χ4v) is 2.33. The van der Waals surface area contributed by atoms with E-state index in [4.69, 9.17) is 11.6 Å². The summed E-state index contributed by atoms with van der Waals surface area (Å²) < 4.78 is 13.8. The van der Waals surface area contributed by atoms with Gasteiger partial charge in [0.2, 0.25) is 0 Å². The molecule has 1 atom stereocenters. The van der Waals surface area contributed by atoms with Gasteiger partial charge in [0.05, 0.1) is 0 Å². The summed E-state index contributed by atoms with van der Waals surface area (Å²) in [4.78, 5) is 0. The van der Waals surface area contributed by atoms with E-state index in [2.05, 4.69) is 15.9 Å². The van der Waals surface area contributed by atoms with Gasteiger partial charge in [-0.15, -0.1) is 0 Å². The summed E-state index contributed by atoms with van der Waals surface area (Å²) >= 11 is 9.17. The first-order valence-corrected chi connectivity index (χ1v) is 6.13. The van der Waals surface area contributed by atoms with E-state index >= 15 is 0 Å². The molecule has 0 saturated heterocycles. The minimum atomic E-state index is -0.935. The molecule has 2 aromatic carbocycles. The van der Waals surface area contributed by atoms with Gasteiger partial charge in [-0.05, 0) is 29.8 Å². The second kappa shape index (κ2) is 5.17. The van der Waals surface area contributed by atoms with Crippen molar-refractivity contribution in [2.45, 2.75) is 6.10 Å². The van der Waals surface area contributed by atoms with Gasteiger partial charge in [-0.2, -0.15) is 0 Å². The van der Waals surface area contributed by atoms with E-state index in [9.17, 15) is 9.50 Å². The maximum Gasteiger partial charge on any atom is 0.124 e. The van der Waals surface area contributed by atoms with Crippen molar-refractivity contribution in [3.63, 3.8) is 0 Å². The smallest absolute Gasteiger partial charge is 0.124 e. The number of aliphatic hydroxyl groups excluding tert-OH is 1. The van der Waals surface area contributed by atoms with Crippen molar-refractivity contribution >= 4 is 27.5 Å². The van der Waals surface area contributed by atoms with Crippen LogP contribution in [-0.4, -0.2) is 5.11 Å². The molecule has 0 aromatic heterocycles. The normalized spacial score (nSPS) is 12.5. The highest BCUT2D eigenvalue weighted by atomic mass is 79.9. The summed E-state index contributed by atoms with van der Waals surface area (Å²) in [5.41, 5.74) is 1.02. The van der Waals surface area contributed by atoms with Gasteiger partial charge in [0, 0.05) is 15.1 Å². The Balaban J connectivity index is 2.43. The van der Waals surface area contributed by atoms with Crippen molar-refractivity contribution in [3.8, 4) is 0 Å². The van der Waals surface area contributed by atoms with E-state index in [0.29, 0.717) is 20.6 Å². The lowest BCUT2D eigenvalue weighted by molar-refractivity contribution is 0.220. The molecule has 0 aliphatic heterocycles. The Morgan fingerprint density at radius 2 is 1.88 bits per heavy atom. The Bertz CT molecular complexity index is 524. The van der Waals surface area contributed by atoms with Crippen LogP contribution in [0.3, 0.4) is 0 Å². The zero-order valence-electron chi connectivity index (χ0n) is 8.70. The minimum absolute atomic E-state index is 0.402. The van der Waals surface area contributed by atoms with Gasteiger partial charge in [-0.3, -0.25) is 0 Å². The summed E-state index contributed by atoms with van der Waals surface area (Å²) in [7, 11) is 0. The van der Waals surface area contributed by atoms with Crippen LogP contribution >= 0.6 is 27.5 Å². The van der Waals surface area contributed by atoms with Crippen LogP contribution in [0.25, 0.3) is 0 Å². The van der Waals surface area contributed by atoms with Crippen molar-refractivity contribution in [2.24, 2.45) is 0 Å². The van der Waals surface area contributed by atoms with Crippen molar-refractivity contribution in [3.05, 3.63) is 68.9 Å². The molecule has 0 aliphatic carbocycles. The Morgan fingerprint density at radius 1 is 1.18 bits per heavy atom. The molecule has 0 radical (unpaired) electrons. The maximum atomic E-state index is 13.2. The second-order valence-electron chi connectivity index (χ2n) is 3.63. The van der Waals surface area contributed by atoms with Gasteiger partial charge in [0.25, 0.3) is 0 Å². The number of rotatable bonds is 2. The van der Waals surface area contributed by atoms with Gasteiger partial charge in [0.15, 0.2) is 0 Å². The molecule has 2 aromatic rings. The summed E-state index contributed by atoms with van der Waals surface area (Å²) in [5, 5.41) is 10.6. The Labute approximate surface area is 112 Å². The fourth-order valence-electron chi connectivity index (χ4n) is 1.61. The molecule has 2 rings (SSSR count). The average Bonchev–Trinajstić information content (AvgIpc) is 2.27. The fraction of sp³-hybridized carbons (Fsp3) is 0.0769. The second-order valence-corrected chi connectivity index (χ2v) is 4.95. The van der Waals surface area contributed by atoms with Crippen molar-refractivity contribution in [1.82, 2.24) is 0 Å². The predicted molar refractivity (Wildman–Crippen MR) is 69.6 cm³/mol. The number of aliphatic hydroxyl groups is 1. The molecular formula is C13H9BrClFO. The molecule has 0 heterocycles. The molecule has 0 bridgehead atoms. The SMILES string of the molecule is OC(c1cc(F)cc(Br)c1)c1ccccc1Cl. The maximum absolute atomic E-state index is 13.2. The molecule has 88 valence electrons. The molecule has 0 saturated carbocycles. The van der Waals surface area contributed by atoms with E-state index in [1.54, 1.807) is 30.3 Å². The summed E-state index contributed by atoms with van der Waals surface area (Å²) in [5.74, 6) is -0.402. The first kappa shape index (κ1) is 12.6. The third-order valence-electron chi connectivity index (χ3n) is 2.40. The highest BCUT2D eigenvalue weighted by molar-refractivity contribution is 9.10. The van der Waals surface area contributed by atoms with Gasteiger partial charge >= 0.3 is 0 Å². The van der Waals surface area contributed by atoms with Crippen LogP contribution in [0.15, 0.2) is 46.9 Å². The number of hydrogen-bond acceptors (Lipinski definition) is 1. The third kappa shape index (κ3) is 2.86. The lowest BCUT2D eigenvalue weighted by Crippen LogP contribution is -2.01. The molecule has 1 N–H and O–H groups in total. The zero-order valence-corrected chi connectivity index (χ0v) is 11.0. The number of hydrogen-bond donors (Lipinski definition) is 1. The first-order valence-electron chi connectivity index (χ1n) is 4.96. The van der Waals surface area contributed by atoms with E-state index in [0.717, 1.165) is 0 Å². The molecule has 1 unspecified atom stereocenters. The van der Waals surface area contributed by atoms with E-state index < -0.39 is 11.9 Å². The number of benzene rings is 2. The molecular weight excluding hydrogens is 306 g/mol. The molecule has 0 amide bonds. The summed E-state index contributed by atoms with van der Waals surface area (Å²) in [6.45, 7) is 0. The molecule has 0 aliphatic rings. The van der Waals surface area contributed by atoms with Gasteiger partial charge < -0.3 is 5.11 Å². The van der Waals surface area contributed by atoms with Crippen LogP contribution in [0.4, 0.5) is 4.39 Å². The molecule has 0 spiro atoms. The minimum Gasteiger partial charge on any atom is -0.384 e. The highest BCUT2D eigenvalue weighted by Gasteiger charge is 2.14. The topological polar surface area (TPSA) is 20.2 Å². The lowest BCUT2D eigenvalue weighted by Gasteiger charge is -2.13. The average molecular weight is 316 g/mol. The van der Waals surface area contributed by atoms with Crippen LogP contribution in [0.1, 0.15) is 17.2 Å². The quantitative estimate of drug-likeness (QED) is 0.875. The molecule has 0 fully saturated rings. The Kier molecular flexibility index (Phi) is 3.82. The largest absolute Gasteiger partial charge is 0.384 e. The highest BCUT2D eigenvalue weighted by Crippen LogP contribution is 2.29. The van der Waals surface area contributed by atoms with E-state index in [1.807, 2.05) is 0 Å². The van der Waals surface area contributed by atoms with Crippen LogP contribution in [0.2, 0.25) is 5.02 Å². The van der Waals surface area contributed by atoms with Crippen LogP contribution in [0, 0.1) is 5.82 Å². The van der Waals surface area contributed by atoms with Gasteiger partial charge in [-0.25, -0.2) is 4.39 Å². The molecule has 1 nitrogen and oxygen atoms in total. The first-order chi connectivity index (χ1) is 8.08. The van der Waals surface area contributed by atoms with Crippen LogP contribution in [0.5, 0.6) is 0 Å². The van der Waals surface area contributed by atoms with Crippen LogP contribution in [-0.2, 0) is 0 Å². The zero-order chi connectivity index (χ0) is 12.4. The van der Waals surface area contributed by atoms with E-state index in [-0.39, 0.29) is 0 Å². The van der Waals surface area contributed by atoms with E-state index in [1.165, 1.54) is 12.1 Å². The van der Waals surface area contributed by atoms with Gasteiger partial charge in [-0.1, -0.05) is 45.7 Å². The summed E-state index contributed by atoms with van der Waals surface area (Å²) in [6.07, 6.45) is -0.935. The standard InChI is InChI=1S/C13H9BrClFO/c14-9-5-8(6-10(16)7-9)13(17)11-3-1-2-4-12(11)15/h1-7,13,17H. The van der Waals surface area contributed by atoms with Gasteiger partial charge in [0.1, 0.15) is 11.9 Å². The molecule has 4 heteroatoms. The predicted octanol–water partition coefficient (Wildman–Crippen LogP) is 4.32. The van der Waals surface area contributed by atoms with Crippen molar-refractivity contribution in [1.29, 1.82) is 0 Å². The van der Waals surface area contributed by atoms with Crippen LogP contribution < -0.4 is 0 Å². The monoisotopic (exact) mass is 314 g/mol. The summed E-state index contributed by atoms with van der Waals surface area (Å²) in [6, 6.07) is 11.2. The van der Waals surface area contributed by atoms with Crippen molar-refractivity contribution < 1.29 is 9.50 Å². The lowest BCUT2D eigenvalue weighted by atomic mass is 10.0. The molecule has 17 heavy (non-hydrogen) atoms. The Hall–Kier alpha value is -0.900. The van der Waals surface area contributed by atoms with Crippen molar-refractivity contribution in [2.75, 3.05) is 0 Å². The number of halogens is 3. The third-order valence-corrected chi connectivity index (χ3v) is 3.20. The Morgan fingerprint density at radius 3 is 2.53 bits per heavy atom.